The van der Waals surface area contributed by atoms with Crippen LogP contribution in [0.15, 0.2) is 61.2 Å². The Bertz CT molecular complexity index is 995. The molecule has 2 aromatic rings. The highest BCUT2D eigenvalue weighted by atomic mass is 16.8. The van der Waals surface area contributed by atoms with Gasteiger partial charge in [-0.1, -0.05) is 45.1 Å². The van der Waals surface area contributed by atoms with Gasteiger partial charge in [-0.3, -0.25) is 0 Å². The molecule has 7 heteroatoms. The fourth-order valence-corrected chi connectivity index (χ4v) is 3.82. The lowest BCUT2D eigenvalue weighted by molar-refractivity contribution is -0.163. The minimum atomic E-state index is -0.909. The number of benzene rings is 2. The SMILES string of the molecule is C=CC1OC(C)(C)OC1C(=O)Oc1ccc(OC(=O)c2ccc(OCCCCCCCC)cc2)cc1. The van der Waals surface area contributed by atoms with E-state index in [1.807, 2.05) is 0 Å². The fourth-order valence-electron chi connectivity index (χ4n) is 3.82. The van der Waals surface area contributed by atoms with Gasteiger partial charge >= 0.3 is 11.9 Å². The highest BCUT2D eigenvalue weighted by Crippen LogP contribution is 2.30. The number of rotatable bonds is 13. The topological polar surface area (TPSA) is 80.3 Å². The number of ether oxygens (including phenoxy) is 5. The van der Waals surface area contributed by atoms with Gasteiger partial charge in [0.1, 0.15) is 23.4 Å². The van der Waals surface area contributed by atoms with Gasteiger partial charge in [-0.05, 0) is 68.8 Å². The monoisotopic (exact) mass is 496 g/mol. The highest BCUT2D eigenvalue weighted by molar-refractivity contribution is 5.91. The minimum Gasteiger partial charge on any atom is -0.494 e. The molecule has 0 saturated carbocycles. The molecule has 0 N–H and O–H groups in total. The third-order valence-electron chi connectivity index (χ3n) is 5.70. The van der Waals surface area contributed by atoms with Gasteiger partial charge in [-0.25, -0.2) is 9.59 Å². The summed E-state index contributed by atoms with van der Waals surface area (Å²) in [7, 11) is 0. The van der Waals surface area contributed by atoms with Gasteiger partial charge < -0.3 is 23.7 Å². The quantitative estimate of drug-likeness (QED) is 0.140. The van der Waals surface area contributed by atoms with E-state index in [1.165, 1.54) is 38.2 Å². The van der Waals surface area contributed by atoms with Gasteiger partial charge in [0.2, 0.25) is 0 Å². The van der Waals surface area contributed by atoms with Gasteiger partial charge in [0.15, 0.2) is 11.9 Å². The number of carbonyl (C=O) groups excluding carboxylic acids is 2. The third kappa shape index (κ3) is 8.21. The van der Waals surface area contributed by atoms with Crippen molar-refractivity contribution in [2.24, 2.45) is 0 Å². The van der Waals surface area contributed by atoms with E-state index in [4.69, 9.17) is 23.7 Å². The van der Waals surface area contributed by atoms with Crippen molar-refractivity contribution in [3.8, 4) is 17.2 Å². The van der Waals surface area contributed by atoms with E-state index < -0.39 is 29.9 Å². The standard InChI is InChI=1S/C29H36O7/c1-5-7-8-9-10-11-20-32-22-14-12-21(13-15-22)27(30)33-23-16-18-24(19-17-23)34-28(31)26-25(6-2)35-29(3,4)36-26/h6,12-19,25-26H,2,5,7-11,20H2,1,3-4H3. The van der Waals surface area contributed by atoms with Gasteiger partial charge in [0, 0.05) is 0 Å². The fraction of sp³-hybridized carbons (Fsp3) is 0.448. The van der Waals surface area contributed by atoms with Crippen molar-refractivity contribution in [1.82, 2.24) is 0 Å². The van der Waals surface area contributed by atoms with Gasteiger partial charge in [-0.15, -0.1) is 6.58 Å². The summed E-state index contributed by atoms with van der Waals surface area (Å²) in [5, 5.41) is 0. The summed E-state index contributed by atoms with van der Waals surface area (Å²) in [6.07, 6.45) is 7.24. The molecule has 2 unspecified atom stereocenters. The van der Waals surface area contributed by atoms with E-state index in [0.717, 1.165) is 12.2 Å². The van der Waals surface area contributed by atoms with Crippen molar-refractivity contribution < 1.29 is 33.3 Å². The van der Waals surface area contributed by atoms with Crippen molar-refractivity contribution in [2.75, 3.05) is 6.61 Å². The molecule has 194 valence electrons. The van der Waals surface area contributed by atoms with Crippen LogP contribution in [0.1, 0.15) is 69.7 Å². The van der Waals surface area contributed by atoms with Crippen LogP contribution in [-0.2, 0) is 14.3 Å². The maximum absolute atomic E-state index is 12.5. The molecule has 0 amide bonds. The van der Waals surface area contributed by atoms with E-state index in [0.29, 0.717) is 23.7 Å². The molecule has 1 aliphatic heterocycles. The first kappa shape index (κ1) is 27.4. The smallest absolute Gasteiger partial charge is 0.343 e. The second-order valence-electron chi connectivity index (χ2n) is 9.18. The molecule has 2 aromatic carbocycles. The van der Waals surface area contributed by atoms with Crippen molar-refractivity contribution in [1.29, 1.82) is 0 Å². The Morgan fingerprint density at radius 1 is 0.861 bits per heavy atom. The zero-order valence-corrected chi connectivity index (χ0v) is 21.4. The van der Waals surface area contributed by atoms with Crippen LogP contribution >= 0.6 is 0 Å². The minimum absolute atomic E-state index is 0.294. The van der Waals surface area contributed by atoms with Crippen LogP contribution in [0.5, 0.6) is 17.2 Å². The van der Waals surface area contributed by atoms with E-state index >= 15 is 0 Å². The number of esters is 2. The summed E-state index contributed by atoms with van der Waals surface area (Å²) < 4.78 is 27.8. The Hall–Kier alpha value is -3.16. The average molecular weight is 497 g/mol. The highest BCUT2D eigenvalue weighted by Gasteiger charge is 2.44. The second kappa shape index (κ2) is 13.2. The summed E-state index contributed by atoms with van der Waals surface area (Å²) in [6.45, 7) is 9.99. The van der Waals surface area contributed by atoms with Gasteiger partial charge in [0.05, 0.1) is 12.2 Å². The molecule has 7 nitrogen and oxygen atoms in total. The Morgan fingerprint density at radius 3 is 2.08 bits per heavy atom. The Morgan fingerprint density at radius 2 is 1.44 bits per heavy atom. The summed E-state index contributed by atoms with van der Waals surface area (Å²) in [6, 6.07) is 13.1. The predicted octanol–water partition coefficient (Wildman–Crippen LogP) is 6.26. The summed E-state index contributed by atoms with van der Waals surface area (Å²) in [5.41, 5.74) is 0.411. The zero-order valence-electron chi connectivity index (χ0n) is 21.4. The third-order valence-corrected chi connectivity index (χ3v) is 5.70. The normalized spacial score (nSPS) is 18.4. The Labute approximate surface area is 213 Å². The molecule has 1 heterocycles. The van der Waals surface area contributed by atoms with Crippen LogP contribution in [0.3, 0.4) is 0 Å². The van der Waals surface area contributed by atoms with Crippen LogP contribution in [0.4, 0.5) is 0 Å². The number of hydrogen-bond donors (Lipinski definition) is 0. The van der Waals surface area contributed by atoms with Crippen LogP contribution in [-0.4, -0.2) is 36.5 Å². The van der Waals surface area contributed by atoms with Gasteiger partial charge in [0.25, 0.3) is 0 Å². The van der Waals surface area contributed by atoms with Gasteiger partial charge in [-0.2, -0.15) is 0 Å². The molecule has 2 atom stereocenters. The lowest BCUT2D eigenvalue weighted by Gasteiger charge is -2.16. The number of carbonyl (C=O) groups is 2. The zero-order chi connectivity index (χ0) is 26.0. The first-order valence-corrected chi connectivity index (χ1v) is 12.6. The van der Waals surface area contributed by atoms with Crippen molar-refractivity contribution >= 4 is 11.9 Å². The molecule has 0 radical (unpaired) electrons. The Balaban J connectivity index is 1.44. The molecule has 1 aliphatic rings. The van der Waals surface area contributed by atoms with Crippen molar-refractivity contribution in [3.05, 3.63) is 66.7 Å². The molecular weight excluding hydrogens is 460 g/mol. The molecule has 36 heavy (non-hydrogen) atoms. The molecule has 3 rings (SSSR count). The molecular formula is C29H36O7. The average Bonchev–Trinajstić information content (AvgIpc) is 3.19. The number of hydrogen-bond acceptors (Lipinski definition) is 7. The lowest BCUT2D eigenvalue weighted by Crippen LogP contribution is -2.34. The van der Waals surface area contributed by atoms with Crippen LogP contribution in [0.25, 0.3) is 0 Å². The molecule has 0 aliphatic carbocycles. The molecule has 0 bridgehead atoms. The largest absolute Gasteiger partial charge is 0.494 e. The number of unbranched alkanes of at least 4 members (excludes halogenated alkanes) is 5. The summed E-state index contributed by atoms with van der Waals surface area (Å²) in [5.74, 6) is -0.635. The molecule has 1 saturated heterocycles. The summed E-state index contributed by atoms with van der Waals surface area (Å²) in [4.78, 5) is 25.0. The first-order valence-electron chi connectivity index (χ1n) is 12.6. The first-order chi connectivity index (χ1) is 17.3. The van der Waals surface area contributed by atoms with Crippen LogP contribution in [0.2, 0.25) is 0 Å². The van der Waals surface area contributed by atoms with Crippen LogP contribution < -0.4 is 14.2 Å². The maximum atomic E-state index is 12.5. The molecule has 0 aromatic heterocycles. The summed E-state index contributed by atoms with van der Waals surface area (Å²) >= 11 is 0. The van der Waals surface area contributed by atoms with Crippen molar-refractivity contribution in [2.45, 2.75) is 77.3 Å². The second-order valence-corrected chi connectivity index (χ2v) is 9.18. The maximum Gasteiger partial charge on any atom is 0.343 e. The van der Waals surface area contributed by atoms with E-state index in [1.54, 1.807) is 62.4 Å². The lowest BCUT2D eigenvalue weighted by atomic mass is 10.1. The molecule has 1 fully saturated rings. The molecule has 0 spiro atoms. The van der Waals surface area contributed by atoms with E-state index in [2.05, 4.69) is 13.5 Å². The van der Waals surface area contributed by atoms with Crippen LogP contribution in [0, 0.1) is 0 Å². The van der Waals surface area contributed by atoms with Crippen molar-refractivity contribution in [3.63, 3.8) is 0 Å². The predicted molar refractivity (Wildman–Crippen MR) is 136 cm³/mol. The Kier molecular flexibility index (Phi) is 10.1. The van der Waals surface area contributed by atoms with E-state index in [9.17, 15) is 9.59 Å². The van der Waals surface area contributed by atoms with E-state index in [-0.39, 0.29) is 0 Å².